The Kier molecular flexibility index (Phi) is 4.70. The third kappa shape index (κ3) is 3.15. The summed E-state index contributed by atoms with van der Waals surface area (Å²) in [5, 5.41) is 0. The lowest BCUT2D eigenvalue weighted by atomic mass is 9.88. The molecular formula is C15H21F3N2. The van der Waals surface area contributed by atoms with Crippen LogP contribution in [0.2, 0.25) is 0 Å². The third-order valence-electron chi connectivity index (χ3n) is 4.16. The minimum Gasteiger partial charge on any atom is -0.329 e. The van der Waals surface area contributed by atoms with Gasteiger partial charge in [-0.05, 0) is 30.9 Å². The summed E-state index contributed by atoms with van der Waals surface area (Å²) in [5.74, 6) is 0.197. The van der Waals surface area contributed by atoms with E-state index in [4.69, 9.17) is 5.73 Å². The molecule has 1 aliphatic heterocycles. The molecule has 1 saturated heterocycles. The second-order valence-electron chi connectivity index (χ2n) is 5.52. The highest BCUT2D eigenvalue weighted by Crippen LogP contribution is 2.41. The van der Waals surface area contributed by atoms with Gasteiger partial charge in [-0.25, -0.2) is 0 Å². The topological polar surface area (TPSA) is 29.3 Å². The highest BCUT2D eigenvalue weighted by Gasteiger charge is 2.47. The SMILES string of the molecule is CC1CCCN(C(c2ccccc2)C(F)(F)F)C1CN. The Labute approximate surface area is 117 Å². The van der Waals surface area contributed by atoms with Crippen LogP contribution < -0.4 is 5.73 Å². The van der Waals surface area contributed by atoms with Crippen LogP contribution in [0.15, 0.2) is 30.3 Å². The van der Waals surface area contributed by atoms with Crippen molar-refractivity contribution in [3.05, 3.63) is 35.9 Å². The zero-order valence-electron chi connectivity index (χ0n) is 11.6. The maximum absolute atomic E-state index is 13.5. The molecule has 2 nitrogen and oxygen atoms in total. The zero-order valence-corrected chi connectivity index (χ0v) is 11.6. The van der Waals surface area contributed by atoms with Crippen molar-refractivity contribution in [1.29, 1.82) is 0 Å². The van der Waals surface area contributed by atoms with Crippen LogP contribution in [0.3, 0.4) is 0 Å². The van der Waals surface area contributed by atoms with Gasteiger partial charge in [0.25, 0.3) is 0 Å². The number of nitrogens with two attached hydrogens (primary N) is 1. The summed E-state index contributed by atoms with van der Waals surface area (Å²) >= 11 is 0. The van der Waals surface area contributed by atoms with E-state index in [0.717, 1.165) is 12.8 Å². The van der Waals surface area contributed by atoms with Crippen molar-refractivity contribution in [2.24, 2.45) is 11.7 Å². The number of piperidine rings is 1. The summed E-state index contributed by atoms with van der Waals surface area (Å²) in [6.45, 7) is 2.70. The van der Waals surface area contributed by atoms with E-state index >= 15 is 0 Å². The average molecular weight is 286 g/mol. The first kappa shape index (κ1) is 15.3. The van der Waals surface area contributed by atoms with Gasteiger partial charge in [0.2, 0.25) is 0 Å². The van der Waals surface area contributed by atoms with Gasteiger partial charge in [0.1, 0.15) is 6.04 Å². The molecule has 1 fully saturated rings. The van der Waals surface area contributed by atoms with E-state index in [9.17, 15) is 13.2 Å². The molecule has 1 aromatic rings. The van der Waals surface area contributed by atoms with Gasteiger partial charge in [-0.3, -0.25) is 4.90 Å². The first-order valence-corrected chi connectivity index (χ1v) is 7.02. The number of hydrogen-bond donors (Lipinski definition) is 1. The lowest BCUT2D eigenvalue weighted by Gasteiger charge is -2.44. The zero-order chi connectivity index (χ0) is 14.8. The van der Waals surface area contributed by atoms with Gasteiger partial charge < -0.3 is 5.73 Å². The van der Waals surface area contributed by atoms with E-state index in [0.29, 0.717) is 12.1 Å². The number of benzene rings is 1. The van der Waals surface area contributed by atoms with Gasteiger partial charge in [0, 0.05) is 12.6 Å². The number of rotatable bonds is 3. The molecule has 0 aromatic heterocycles. The fraction of sp³-hybridized carbons (Fsp3) is 0.600. The first-order chi connectivity index (χ1) is 9.45. The van der Waals surface area contributed by atoms with Crippen LogP contribution >= 0.6 is 0 Å². The molecule has 0 radical (unpaired) electrons. The summed E-state index contributed by atoms with van der Waals surface area (Å²) in [5.41, 5.74) is 6.03. The number of likely N-dealkylation sites (tertiary alicyclic amines) is 1. The predicted octanol–water partition coefficient (Wildman–Crippen LogP) is 3.35. The van der Waals surface area contributed by atoms with Crippen molar-refractivity contribution in [3.8, 4) is 0 Å². The maximum atomic E-state index is 13.5. The molecule has 0 bridgehead atoms. The van der Waals surface area contributed by atoms with Crippen LogP contribution in [0, 0.1) is 5.92 Å². The number of halogens is 3. The van der Waals surface area contributed by atoms with Gasteiger partial charge in [0.05, 0.1) is 0 Å². The Hall–Kier alpha value is -1.07. The fourth-order valence-electron chi connectivity index (χ4n) is 3.17. The van der Waals surface area contributed by atoms with Crippen molar-refractivity contribution < 1.29 is 13.2 Å². The molecule has 1 heterocycles. The highest BCUT2D eigenvalue weighted by atomic mass is 19.4. The van der Waals surface area contributed by atoms with Crippen molar-refractivity contribution in [2.45, 2.75) is 38.0 Å². The molecule has 1 aliphatic rings. The van der Waals surface area contributed by atoms with E-state index in [-0.39, 0.29) is 18.5 Å². The summed E-state index contributed by atoms with van der Waals surface area (Å²) in [4.78, 5) is 1.55. The first-order valence-electron chi connectivity index (χ1n) is 7.02. The molecule has 112 valence electrons. The molecule has 2 N–H and O–H groups in total. The fourth-order valence-corrected chi connectivity index (χ4v) is 3.17. The Morgan fingerprint density at radius 2 is 1.95 bits per heavy atom. The van der Waals surface area contributed by atoms with Crippen LogP contribution in [-0.4, -0.2) is 30.2 Å². The van der Waals surface area contributed by atoms with Crippen LogP contribution in [-0.2, 0) is 0 Å². The smallest absolute Gasteiger partial charge is 0.329 e. The van der Waals surface area contributed by atoms with E-state index in [1.54, 1.807) is 35.2 Å². The Balaban J connectivity index is 2.36. The summed E-state index contributed by atoms with van der Waals surface area (Å²) < 4.78 is 40.6. The predicted molar refractivity (Wildman–Crippen MR) is 73.2 cm³/mol. The lowest BCUT2D eigenvalue weighted by Crippen LogP contribution is -2.53. The van der Waals surface area contributed by atoms with Gasteiger partial charge in [-0.15, -0.1) is 0 Å². The monoisotopic (exact) mass is 286 g/mol. The number of alkyl halides is 3. The second-order valence-corrected chi connectivity index (χ2v) is 5.52. The minimum absolute atomic E-state index is 0.197. The summed E-state index contributed by atoms with van der Waals surface area (Å²) in [6, 6.07) is 6.36. The maximum Gasteiger partial charge on any atom is 0.408 e. The van der Waals surface area contributed by atoms with Crippen molar-refractivity contribution in [1.82, 2.24) is 4.90 Å². The third-order valence-corrected chi connectivity index (χ3v) is 4.16. The van der Waals surface area contributed by atoms with Gasteiger partial charge in [0.15, 0.2) is 0 Å². The molecule has 5 heteroatoms. The molecule has 3 unspecified atom stereocenters. The Morgan fingerprint density at radius 3 is 2.50 bits per heavy atom. The molecular weight excluding hydrogens is 265 g/mol. The van der Waals surface area contributed by atoms with Crippen LogP contribution in [0.5, 0.6) is 0 Å². The van der Waals surface area contributed by atoms with Crippen molar-refractivity contribution >= 4 is 0 Å². The second kappa shape index (κ2) is 6.14. The van der Waals surface area contributed by atoms with Crippen molar-refractivity contribution in [2.75, 3.05) is 13.1 Å². The molecule has 0 saturated carbocycles. The number of nitrogens with zero attached hydrogens (tertiary/aromatic N) is 1. The van der Waals surface area contributed by atoms with Gasteiger partial charge in [-0.2, -0.15) is 13.2 Å². The standard InChI is InChI=1S/C15H21F3N2/c1-11-6-5-9-20(13(11)10-19)14(15(16,17)18)12-7-3-2-4-8-12/h2-4,7-8,11,13-14H,5-6,9-10,19H2,1H3. The molecule has 20 heavy (non-hydrogen) atoms. The highest BCUT2D eigenvalue weighted by molar-refractivity contribution is 5.21. The van der Waals surface area contributed by atoms with Gasteiger partial charge in [-0.1, -0.05) is 37.3 Å². The molecule has 2 rings (SSSR count). The van der Waals surface area contributed by atoms with E-state index in [2.05, 4.69) is 0 Å². The van der Waals surface area contributed by atoms with E-state index < -0.39 is 12.2 Å². The van der Waals surface area contributed by atoms with Gasteiger partial charge >= 0.3 is 6.18 Å². The van der Waals surface area contributed by atoms with Crippen molar-refractivity contribution in [3.63, 3.8) is 0 Å². The summed E-state index contributed by atoms with van der Waals surface area (Å²) in [6.07, 6.45) is -2.55. The van der Waals surface area contributed by atoms with E-state index in [1.165, 1.54) is 0 Å². The normalized spacial score (nSPS) is 26.4. The lowest BCUT2D eigenvalue weighted by molar-refractivity contribution is -0.198. The average Bonchev–Trinajstić information content (AvgIpc) is 2.39. The van der Waals surface area contributed by atoms with Crippen LogP contribution in [0.4, 0.5) is 13.2 Å². The van der Waals surface area contributed by atoms with Crippen LogP contribution in [0.1, 0.15) is 31.4 Å². The largest absolute Gasteiger partial charge is 0.408 e. The number of hydrogen-bond acceptors (Lipinski definition) is 2. The summed E-state index contributed by atoms with van der Waals surface area (Å²) in [7, 11) is 0. The quantitative estimate of drug-likeness (QED) is 0.923. The molecule has 0 spiro atoms. The Morgan fingerprint density at radius 1 is 1.30 bits per heavy atom. The molecule has 3 atom stereocenters. The molecule has 1 aromatic carbocycles. The van der Waals surface area contributed by atoms with E-state index in [1.807, 2.05) is 6.92 Å². The molecule has 0 amide bonds. The molecule has 0 aliphatic carbocycles. The minimum atomic E-state index is -4.29. The van der Waals surface area contributed by atoms with Crippen LogP contribution in [0.25, 0.3) is 0 Å². The Bertz CT molecular complexity index is 419.